The Kier molecular flexibility index (Phi) is 8.53. The lowest BCUT2D eigenvalue weighted by Gasteiger charge is -2.25. The maximum absolute atomic E-state index is 13.6. The van der Waals surface area contributed by atoms with Gasteiger partial charge in [-0.15, -0.1) is 0 Å². The molecule has 0 saturated carbocycles. The number of halogens is 3. The third-order valence-electron chi connectivity index (χ3n) is 3.93. The van der Waals surface area contributed by atoms with Crippen LogP contribution in [0, 0.1) is 29.6 Å². The van der Waals surface area contributed by atoms with Crippen molar-refractivity contribution in [3.05, 3.63) is 29.6 Å². The topological polar surface area (TPSA) is 90.6 Å². The molecule has 0 spiro atoms. The first kappa shape index (κ1) is 22.7. The Bertz CT molecular complexity index is 668. The van der Waals surface area contributed by atoms with E-state index in [1.54, 1.807) is 12.1 Å². The molecule has 0 saturated heterocycles. The molecule has 1 aromatic carbocycles. The van der Waals surface area contributed by atoms with E-state index in [4.69, 9.17) is 15.2 Å². The Morgan fingerprint density at radius 1 is 1.19 bits per heavy atom. The van der Waals surface area contributed by atoms with Gasteiger partial charge in [0.15, 0.2) is 5.78 Å². The number of carbonyl (C=O) groups excluding carboxylic acids is 2. The van der Waals surface area contributed by atoms with Crippen LogP contribution in [0.25, 0.3) is 0 Å². The maximum atomic E-state index is 13.6. The zero-order valence-electron chi connectivity index (χ0n) is 15.5. The number of methoxy groups -OCH3 is 1. The minimum atomic E-state index is -1.61. The lowest BCUT2D eigenvalue weighted by molar-refractivity contribution is -0.142. The van der Waals surface area contributed by atoms with Gasteiger partial charge in [0.1, 0.15) is 12.2 Å². The minimum Gasteiger partial charge on any atom is -0.479 e. The van der Waals surface area contributed by atoms with Crippen LogP contribution in [0.15, 0.2) is 0 Å². The first-order valence-electron chi connectivity index (χ1n) is 8.33. The van der Waals surface area contributed by atoms with Crippen LogP contribution >= 0.6 is 0 Å². The largest absolute Gasteiger partial charge is 0.479 e. The van der Waals surface area contributed by atoms with Crippen LogP contribution in [-0.2, 0) is 14.3 Å². The summed E-state index contributed by atoms with van der Waals surface area (Å²) in [4.78, 5) is 24.6. The number of rotatable bonds is 11. The molecule has 0 aliphatic rings. The summed E-state index contributed by atoms with van der Waals surface area (Å²) in [5.74, 6) is -6.65. The number of hydrogen-bond acceptors (Lipinski definition) is 5. The molecule has 1 amide bonds. The van der Waals surface area contributed by atoms with Gasteiger partial charge in [0.25, 0.3) is 5.91 Å². The van der Waals surface area contributed by atoms with Gasteiger partial charge < -0.3 is 20.5 Å². The predicted molar refractivity (Wildman–Crippen MR) is 90.4 cm³/mol. The molecule has 0 aliphatic heterocycles. The summed E-state index contributed by atoms with van der Waals surface area (Å²) in [6, 6.07) is 2.36. The molecule has 0 unspecified atom stereocenters. The van der Waals surface area contributed by atoms with Gasteiger partial charge in [-0.2, -0.15) is 13.2 Å². The third kappa shape index (κ3) is 6.41. The fraction of sp³-hybridized carbons (Fsp3) is 0.556. The monoisotopic (exact) mass is 388 g/mol. The van der Waals surface area contributed by atoms with E-state index in [0.29, 0.717) is 19.4 Å². The average Bonchev–Trinajstić information content (AvgIpc) is 2.63. The summed E-state index contributed by atoms with van der Waals surface area (Å²) in [5.41, 5.74) is 4.24. The van der Waals surface area contributed by atoms with Crippen LogP contribution in [0.1, 0.15) is 33.1 Å². The SMILES string of the molecule is COC(C)(C)C(=O)N[C@@H](CCCCN)C(=O)COc1c(F)c#cc(F)c1F. The summed E-state index contributed by atoms with van der Waals surface area (Å²) in [6.07, 6.45) is 1.40. The number of ketones is 1. The van der Waals surface area contributed by atoms with Crippen LogP contribution in [0.4, 0.5) is 13.2 Å². The van der Waals surface area contributed by atoms with E-state index < -0.39 is 53.1 Å². The van der Waals surface area contributed by atoms with Crippen molar-refractivity contribution in [3.63, 3.8) is 0 Å². The van der Waals surface area contributed by atoms with Crippen molar-refractivity contribution in [1.29, 1.82) is 0 Å². The zero-order chi connectivity index (χ0) is 20.6. The molecule has 0 aromatic heterocycles. The molecule has 9 heteroatoms. The third-order valence-corrected chi connectivity index (χ3v) is 3.93. The molecule has 0 radical (unpaired) electrons. The zero-order valence-corrected chi connectivity index (χ0v) is 15.5. The number of hydrogen-bond donors (Lipinski definition) is 2. The Morgan fingerprint density at radius 2 is 1.81 bits per heavy atom. The van der Waals surface area contributed by atoms with Crippen molar-refractivity contribution in [2.75, 3.05) is 20.3 Å². The van der Waals surface area contributed by atoms with Gasteiger partial charge in [-0.25, -0.2) is 0 Å². The van der Waals surface area contributed by atoms with E-state index >= 15 is 0 Å². The highest BCUT2D eigenvalue weighted by molar-refractivity contribution is 5.92. The highest BCUT2D eigenvalue weighted by atomic mass is 19.2. The van der Waals surface area contributed by atoms with Crippen LogP contribution in [0.2, 0.25) is 0 Å². The normalized spacial score (nSPS) is 12.3. The van der Waals surface area contributed by atoms with Gasteiger partial charge in [-0.1, -0.05) is 0 Å². The van der Waals surface area contributed by atoms with E-state index in [1.165, 1.54) is 21.0 Å². The number of Topliss-reactive ketones (excluding diaryl/α,β-unsaturated/α-hetero) is 1. The minimum absolute atomic E-state index is 0.249. The Hall–Kier alpha value is -2.31. The fourth-order valence-electron chi connectivity index (χ4n) is 2.02. The van der Waals surface area contributed by atoms with Crippen molar-refractivity contribution in [1.82, 2.24) is 5.32 Å². The van der Waals surface area contributed by atoms with E-state index in [2.05, 4.69) is 5.32 Å². The van der Waals surface area contributed by atoms with Crippen molar-refractivity contribution < 1.29 is 32.2 Å². The van der Waals surface area contributed by atoms with Crippen molar-refractivity contribution in [2.45, 2.75) is 44.8 Å². The predicted octanol–water partition coefficient (Wildman–Crippen LogP) is 1.69. The van der Waals surface area contributed by atoms with E-state index in [-0.39, 0.29) is 6.42 Å². The van der Waals surface area contributed by atoms with E-state index in [1.807, 2.05) is 0 Å². The van der Waals surface area contributed by atoms with Gasteiger partial charge in [-0.05, 0) is 51.8 Å². The summed E-state index contributed by atoms with van der Waals surface area (Å²) in [5, 5.41) is 2.53. The van der Waals surface area contributed by atoms with Gasteiger partial charge in [0, 0.05) is 7.11 Å². The van der Waals surface area contributed by atoms with E-state index in [9.17, 15) is 22.8 Å². The molecule has 0 fully saturated rings. The summed E-state index contributed by atoms with van der Waals surface area (Å²) in [6.45, 7) is 2.67. The molecule has 3 N–H and O–H groups in total. The van der Waals surface area contributed by atoms with Crippen molar-refractivity contribution >= 4 is 11.7 Å². The average molecular weight is 388 g/mol. The van der Waals surface area contributed by atoms with Crippen molar-refractivity contribution in [3.8, 4) is 5.75 Å². The number of carbonyl (C=O) groups is 2. The summed E-state index contributed by atoms with van der Waals surface area (Å²) < 4.78 is 50.0. The molecule has 150 valence electrons. The molecule has 1 atom stereocenters. The fourth-order valence-corrected chi connectivity index (χ4v) is 2.02. The first-order chi connectivity index (χ1) is 12.6. The molecule has 0 heterocycles. The molecular weight excluding hydrogens is 365 g/mol. The number of ether oxygens (including phenoxy) is 2. The Labute approximate surface area is 156 Å². The lowest BCUT2D eigenvalue weighted by Crippen LogP contribution is -2.51. The molecule has 27 heavy (non-hydrogen) atoms. The first-order valence-corrected chi connectivity index (χ1v) is 8.33. The standard InChI is InChI=1S/C18H23F3N2O4/c1-18(2,26-3)17(25)23-13(6-4-5-9-22)14(24)10-27-16-12(20)8-7-11(19)15(16)21/h13H,4-6,9-10,22H2,1-3H3,(H,23,25)/t13-/m0/s1. The smallest absolute Gasteiger partial charge is 0.252 e. The molecule has 6 nitrogen and oxygen atoms in total. The molecule has 0 bridgehead atoms. The Balaban J connectivity index is 2.84. The number of nitrogens with two attached hydrogens (primary N) is 1. The highest BCUT2D eigenvalue weighted by Gasteiger charge is 2.31. The quantitative estimate of drug-likeness (QED) is 0.563. The second-order valence-electron chi connectivity index (χ2n) is 6.30. The molecule has 1 rings (SSSR count). The van der Waals surface area contributed by atoms with Crippen molar-refractivity contribution in [2.24, 2.45) is 5.73 Å². The molecular formula is C18H23F3N2O4. The van der Waals surface area contributed by atoms with Gasteiger partial charge >= 0.3 is 0 Å². The van der Waals surface area contributed by atoms with Gasteiger partial charge in [0.05, 0.1) is 6.04 Å². The second kappa shape index (κ2) is 10.1. The van der Waals surface area contributed by atoms with E-state index in [0.717, 1.165) is 0 Å². The van der Waals surface area contributed by atoms with Crippen LogP contribution < -0.4 is 15.8 Å². The second-order valence-corrected chi connectivity index (χ2v) is 6.30. The van der Waals surface area contributed by atoms with Gasteiger partial charge in [-0.3, -0.25) is 9.59 Å². The number of unbranched alkanes of at least 4 members (excludes halogenated alkanes) is 1. The Morgan fingerprint density at radius 3 is 2.41 bits per heavy atom. The maximum Gasteiger partial charge on any atom is 0.252 e. The highest BCUT2D eigenvalue weighted by Crippen LogP contribution is 2.21. The number of nitrogens with one attached hydrogen (secondary N) is 1. The van der Waals surface area contributed by atoms with Crippen LogP contribution in [0.3, 0.4) is 0 Å². The van der Waals surface area contributed by atoms with Gasteiger partial charge in [0.2, 0.25) is 23.2 Å². The van der Waals surface area contributed by atoms with Crippen LogP contribution in [-0.4, -0.2) is 43.6 Å². The molecule has 0 aliphatic carbocycles. The summed E-state index contributed by atoms with van der Waals surface area (Å²) >= 11 is 0. The number of amides is 1. The summed E-state index contributed by atoms with van der Waals surface area (Å²) in [7, 11) is 1.34. The lowest BCUT2D eigenvalue weighted by atomic mass is 10.0. The molecule has 1 aromatic rings. The van der Waals surface area contributed by atoms with Crippen LogP contribution in [0.5, 0.6) is 5.75 Å².